The lowest BCUT2D eigenvalue weighted by Gasteiger charge is -2.40. The summed E-state index contributed by atoms with van der Waals surface area (Å²) >= 11 is 0. The van der Waals surface area contributed by atoms with Crippen molar-refractivity contribution in [2.75, 3.05) is 46.9 Å². The second kappa shape index (κ2) is 6.76. The first kappa shape index (κ1) is 16.7. The van der Waals surface area contributed by atoms with Crippen LogP contribution in [0.5, 0.6) is 5.75 Å². The number of para-hydroxylation sites is 1. The van der Waals surface area contributed by atoms with Crippen molar-refractivity contribution in [3.05, 3.63) is 29.8 Å². The van der Waals surface area contributed by atoms with E-state index in [1.54, 1.807) is 15.7 Å². The van der Waals surface area contributed by atoms with Gasteiger partial charge in [0.2, 0.25) is 0 Å². The zero-order chi connectivity index (χ0) is 16.4. The highest BCUT2D eigenvalue weighted by molar-refractivity contribution is 7.86. The number of ether oxygens (including phenoxy) is 1. The summed E-state index contributed by atoms with van der Waals surface area (Å²) < 4.78 is 34.4. The van der Waals surface area contributed by atoms with Gasteiger partial charge >= 0.3 is 0 Å². The third-order valence-corrected chi connectivity index (χ3v) is 6.83. The summed E-state index contributed by atoms with van der Waals surface area (Å²) in [4.78, 5) is 2.20. The van der Waals surface area contributed by atoms with Crippen molar-refractivity contribution in [2.45, 2.75) is 18.9 Å². The minimum absolute atomic E-state index is 0.0114. The first-order valence-electron chi connectivity index (χ1n) is 8.12. The third kappa shape index (κ3) is 3.24. The van der Waals surface area contributed by atoms with Crippen LogP contribution in [0.2, 0.25) is 0 Å². The van der Waals surface area contributed by atoms with Crippen LogP contribution in [-0.4, -0.2) is 68.8 Å². The second-order valence-electron chi connectivity index (χ2n) is 6.21. The number of likely N-dealkylation sites (N-methyl/N-ethyl adjacent to an activating group) is 1. The van der Waals surface area contributed by atoms with Gasteiger partial charge in [-0.05, 0) is 26.0 Å². The summed E-state index contributed by atoms with van der Waals surface area (Å²) in [7, 11) is 0.345. The van der Waals surface area contributed by atoms with Gasteiger partial charge in [-0.25, -0.2) is 0 Å². The topological polar surface area (TPSA) is 53.1 Å². The Hall–Kier alpha value is -1.15. The summed E-state index contributed by atoms with van der Waals surface area (Å²) in [6.45, 7) is 3.02. The van der Waals surface area contributed by atoms with Crippen molar-refractivity contribution in [1.82, 2.24) is 13.5 Å². The fourth-order valence-corrected chi connectivity index (χ4v) is 5.11. The van der Waals surface area contributed by atoms with E-state index < -0.39 is 10.2 Å². The molecule has 0 aliphatic carbocycles. The third-order valence-electron chi connectivity index (χ3n) is 4.83. The maximum absolute atomic E-state index is 12.8. The Morgan fingerprint density at radius 2 is 1.74 bits per heavy atom. The van der Waals surface area contributed by atoms with Gasteiger partial charge in [0.25, 0.3) is 10.2 Å². The molecule has 2 heterocycles. The Labute approximate surface area is 138 Å². The summed E-state index contributed by atoms with van der Waals surface area (Å²) in [5.41, 5.74) is 1.04. The van der Waals surface area contributed by atoms with Gasteiger partial charge in [0.05, 0.1) is 13.2 Å². The molecular formula is C16H25N3O3S. The Morgan fingerprint density at radius 3 is 2.43 bits per heavy atom. The number of rotatable bonds is 4. The monoisotopic (exact) mass is 339 g/mol. The maximum Gasteiger partial charge on any atom is 0.282 e. The lowest BCUT2D eigenvalue weighted by atomic mass is 10.0. The Bertz CT molecular complexity index is 644. The number of piperazine rings is 1. The molecular weight excluding hydrogens is 314 g/mol. The first-order valence-corrected chi connectivity index (χ1v) is 9.52. The highest BCUT2D eigenvalue weighted by Gasteiger charge is 2.37. The largest absolute Gasteiger partial charge is 0.496 e. The molecule has 7 heteroatoms. The second-order valence-corrected chi connectivity index (χ2v) is 8.14. The normalized spacial score (nSPS) is 24.9. The van der Waals surface area contributed by atoms with Crippen LogP contribution in [0.3, 0.4) is 0 Å². The van der Waals surface area contributed by atoms with Crippen LogP contribution in [0.25, 0.3) is 0 Å². The van der Waals surface area contributed by atoms with Crippen molar-refractivity contribution in [2.24, 2.45) is 0 Å². The Balaban J connectivity index is 1.84. The fraction of sp³-hybridized carbons (Fsp3) is 0.625. The zero-order valence-corrected chi connectivity index (χ0v) is 14.6. The van der Waals surface area contributed by atoms with Crippen LogP contribution in [0.1, 0.15) is 24.4 Å². The van der Waals surface area contributed by atoms with Crippen LogP contribution < -0.4 is 4.74 Å². The molecule has 23 heavy (non-hydrogen) atoms. The molecule has 1 atom stereocenters. The van der Waals surface area contributed by atoms with E-state index in [-0.39, 0.29) is 6.04 Å². The lowest BCUT2D eigenvalue weighted by molar-refractivity contribution is 0.141. The predicted octanol–water partition coefficient (Wildman–Crippen LogP) is 1.32. The summed E-state index contributed by atoms with van der Waals surface area (Å²) in [6, 6.07) is 7.87. The average molecular weight is 339 g/mol. The Morgan fingerprint density at radius 1 is 1.04 bits per heavy atom. The smallest absolute Gasteiger partial charge is 0.282 e. The molecule has 6 nitrogen and oxygen atoms in total. The molecule has 0 amide bonds. The van der Waals surface area contributed by atoms with Crippen molar-refractivity contribution in [3.63, 3.8) is 0 Å². The molecule has 0 bridgehead atoms. The SMILES string of the molecule is COc1ccccc1C1CN(S(=O)(=O)N2CCCC2)CCN1C. The van der Waals surface area contributed by atoms with Crippen LogP contribution in [0.4, 0.5) is 0 Å². The molecule has 0 N–H and O–H groups in total. The van der Waals surface area contributed by atoms with Gasteiger partial charge in [0.1, 0.15) is 5.75 Å². The molecule has 2 saturated heterocycles. The standard InChI is InChI=1S/C16H25N3O3S/c1-17-11-12-19(23(20,21)18-9-5-6-10-18)13-15(17)14-7-3-4-8-16(14)22-2/h3-4,7-8,15H,5-6,9-13H2,1-2H3. The van der Waals surface area contributed by atoms with E-state index in [0.717, 1.165) is 30.7 Å². The number of hydrogen-bond acceptors (Lipinski definition) is 4. The van der Waals surface area contributed by atoms with Crippen LogP contribution in [-0.2, 0) is 10.2 Å². The number of nitrogens with zero attached hydrogens (tertiary/aromatic N) is 3. The highest BCUT2D eigenvalue weighted by Crippen LogP contribution is 2.32. The van der Waals surface area contributed by atoms with Crippen molar-refractivity contribution in [1.29, 1.82) is 0 Å². The minimum Gasteiger partial charge on any atom is -0.496 e. The molecule has 3 rings (SSSR count). The van der Waals surface area contributed by atoms with E-state index in [1.807, 2.05) is 31.3 Å². The van der Waals surface area contributed by atoms with Crippen molar-refractivity contribution in [3.8, 4) is 5.75 Å². The van der Waals surface area contributed by atoms with E-state index in [1.165, 1.54) is 0 Å². The predicted molar refractivity (Wildman–Crippen MR) is 89.7 cm³/mol. The van der Waals surface area contributed by atoms with E-state index in [2.05, 4.69) is 4.90 Å². The molecule has 2 aliphatic rings. The molecule has 1 aromatic carbocycles. The van der Waals surface area contributed by atoms with Crippen LogP contribution >= 0.6 is 0 Å². The number of hydrogen-bond donors (Lipinski definition) is 0. The summed E-state index contributed by atoms with van der Waals surface area (Å²) in [5.74, 6) is 0.810. The first-order chi connectivity index (χ1) is 11.0. The average Bonchev–Trinajstić information content (AvgIpc) is 3.10. The van der Waals surface area contributed by atoms with E-state index in [9.17, 15) is 8.42 Å². The van der Waals surface area contributed by atoms with Crippen molar-refractivity contribution >= 4 is 10.2 Å². The maximum atomic E-state index is 12.8. The zero-order valence-electron chi connectivity index (χ0n) is 13.8. The van der Waals surface area contributed by atoms with Gasteiger partial charge in [0.15, 0.2) is 0 Å². The lowest BCUT2D eigenvalue weighted by Crippen LogP contribution is -2.52. The molecule has 1 unspecified atom stereocenters. The van der Waals surface area contributed by atoms with Crippen molar-refractivity contribution < 1.29 is 13.2 Å². The molecule has 128 valence electrons. The van der Waals surface area contributed by atoms with E-state index in [0.29, 0.717) is 26.2 Å². The van der Waals surface area contributed by atoms with Crippen LogP contribution in [0, 0.1) is 0 Å². The molecule has 0 aromatic heterocycles. The minimum atomic E-state index is -3.35. The molecule has 1 aromatic rings. The fourth-order valence-electron chi connectivity index (χ4n) is 3.42. The van der Waals surface area contributed by atoms with Gasteiger partial charge in [-0.15, -0.1) is 0 Å². The van der Waals surface area contributed by atoms with Crippen LogP contribution in [0.15, 0.2) is 24.3 Å². The molecule has 0 saturated carbocycles. The summed E-state index contributed by atoms with van der Waals surface area (Å²) in [6.07, 6.45) is 1.92. The van der Waals surface area contributed by atoms with E-state index in [4.69, 9.17) is 4.74 Å². The van der Waals surface area contributed by atoms with Gasteiger partial charge < -0.3 is 4.74 Å². The Kier molecular flexibility index (Phi) is 4.91. The summed E-state index contributed by atoms with van der Waals surface area (Å²) in [5, 5.41) is 0. The number of benzene rings is 1. The van der Waals surface area contributed by atoms with Gasteiger partial charge in [-0.2, -0.15) is 17.0 Å². The van der Waals surface area contributed by atoms with Gasteiger partial charge in [0, 0.05) is 38.3 Å². The quantitative estimate of drug-likeness (QED) is 0.830. The molecule has 0 spiro atoms. The van der Waals surface area contributed by atoms with Gasteiger partial charge in [-0.1, -0.05) is 18.2 Å². The van der Waals surface area contributed by atoms with Gasteiger partial charge in [-0.3, -0.25) is 4.90 Å². The molecule has 2 aliphatic heterocycles. The van der Waals surface area contributed by atoms with E-state index >= 15 is 0 Å². The molecule has 0 radical (unpaired) electrons. The highest BCUT2D eigenvalue weighted by atomic mass is 32.2. The number of methoxy groups -OCH3 is 1. The molecule has 2 fully saturated rings.